The number of hydrogen-bond acceptors (Lipinski definition) is 1. The quantitative estimate of drug-likeness (QED) is 0.707. The molecule has 0 heterocycles. The first kappa shape index (κ1) is 13.0. The lowest BCUT2D eigenvalue weighted by Crippen LogP contribution is -2.21. The van der Waals surface area contributed by atoms with Crippen LogP contribution in [0.15, 0.2) is 0 Å². The lowest BCUT2D eigenvalue weighted by molar-refractivity contribution is 0.253. The Morgan fingerprint density at radius 3 is 2.20 bits per heavy atom. The van der Waals surface area contributed by atoms with Crippen molar-refractivity contribution in [3.8, 4) is 0 Å². The van der Waals surface area contributed by atoms with Crippen molar-refractivity contribution >= 4 is 0 Å². The van der Waals surface area contributed by atoms with Crippen LogP contribution in [0.25, 0.3) is 0 Å². The molecule has 1 rings (SSSR count). The van der Waals surface area contributed by atoms with Gasteiger partial charge in [-0.1, -0.05) is 52.4 Å². The van der Waals surface area contributed by atoms with E-state index >= 15 is 0 Å². The Bertz CT molecular complexity index is 147. The van der Waals surface area contributed by atoms with Crippen LogP contribution in [0.2, 0.25) is 0 Å². The van der Waals surface area contributed by atoms with Gasteiger partial charge in [-0.15, -0.1) is 0 Å². The van der Waals surface area contributed by atoms with Gasteiger partial charge in [0.1, 0.15) is 0 Å². The van der Waals surface area contributed by atoms with Gasteiger partial charge in [0.25, 0.3) is 0 Å². The highest BCUT2D eigenvalue weighted by molar-refractivity contribution is 4.73. The van der Waals surface area contributed by atoms with Crippen LogP contribution in [0.3, 0.4) is 0 Å². The zero-order chi connectivity index (χ0) is 11.1. The third-order valence-electron chi connectivity index (χ3n) is 4.15. The Morgan fingerprint density at radius 2 is 1.67 bits per heavy atom. The molecule has 0 aliphatic heterocycles. The highest BCUT2D eigenvalue weighted by Gasteiger charge is 2.20. The van der Waals surface area contributed by atoms with E-state index in [0.29, 0.717) is 0 Å². The van der Waals surface area contributed by atoms with Crippen LogP contribution >= 0.6 is 0 Å². The van der Waals surface area contributed by atoms with E-state index in [-0.39, 0.29) is 0 Å². The van der Waals surface area contributed by atoms with Gasteiger partial charge in [0.05, 0.1) is 0 Å². The summed E-state index contributed by atoms with van der Waals surface area (Å²) in [5, 5.41) is 0. The molecule has 1 aliphatic carbocycles. The van der Waals surface area contributed by atoms with Crippen molar-refractivity contribution in [3.05, 3.63) is 0 Å². The number of hydrogen-bond donors (Lipinski definition) is 1. The topological polar surface area (TPSA) is 26.0 Å². The minimum atomic E-state index is 0.842. The van der Waals surface area contributed by atoms with Crippen molar-refractivity contribution in [2.24, 2.45) is 23.5 Å². The first-order valence-electron chi connectivity index (χ1n) is 6.96. The molecule has 0 bridgehead atoms. The first-order chi connectivity index (χ1) is 7.26. The Hall–Kier alpha value is -0.0400. The van der Waals surface area contributed by atoms with E-state index in [0.717, 1.165) is 24.3 Å². The van der Waals surface area contributed by atoms with Crippen molar-refractivity contribution in [2.45, 2.75) is 65.2 Å². The van der Waals surface area contributed by atoms with Gasteiger partial charge in [0, 0.05) is 0 Å². The average molecular weight is 211 g/mol. The van der Waals surface area contributed by atoms with Crippen molar-refractivity contribution in [1.29, 1.82) is 0 Å². The molecule has 15 heavy (non-hydrogen) atoms. The van der Waals surface area contributed by atoms with E-state index in [4.69, 9.17) is 5.73 Å². The Labute approximate surface area is 95.8 Å². The molecule has 1 atom stereocenters. The predicted octanol–water partition coefficient (Wildman–Crippen LogP) is 3.97. The van der Waals surface area contributed by atoms with E-state index in [1.54, 1.807) is 0 Å². The fourth-order valence-corrected chi connectivity index (χ4v) is 2.91. The van der Waals surface area contributed by atoms with Gasteiger partial charge >= 0.3 is 0 Å². The Balaban J connectivity index is 2.08. The molecule has 1 aliphatic rings. The summed E-state index contributed by atoms with van der Waals surface area (Å²) in [4.78, 5) is 0. The first-order valence-corrected chi connectivity index (χ1v) is 6.96. The monoisotopic (exact) mass is 211 g/mol. The number of nitrogens with two attached hydrogens (primary N) is 1. The highest BCUT2D eigenvalue weighted by atomic mass is 14.5. The van der Waals surface area contributed by atoms with E-state index < -0.39 is 0 Å². The molecular formula is C14H29N. The van der Waals surface area contributed by atoms with Crippen LogP contribution in [0.4, 0.5) is 0 Å². The molecule has 0 aromatic rings. The third-order valence-corrected chi connectivity index (χ3v) is 4.15. The van der Waals surface area contributed by atoms with E-state index in [1.807, 2.05) is 0 Å². The molecule has 0 radical (unpaired) electrons. The smallest absolute Gasteiger partial charge is 0.00489 e. The molecule has 0 amide bonds. The fourth-order valence-electron chi connectivity index (χ4n) is 2.91. The second kappa shape index (κ2) is 7.27. The summed E-state index contributed by atoms with van der Waals surface area (Å²) in [7, 11) is 0. The van der Waals surface area contributed by atoms with Gasteiger partial charge < -0.3 is 5.73 Å². The maximum absolute atomic E-state index is 5.71. The van der Waals surface area contributed by atoms with E-state index in [2.05, 4.69) is 13.8 Å². The van der Waals surface area contributed by atoms with E-state index in [1.165, 1.54) is 51.4 Å². The molecule has 2 N–H and O–H groups in total. The zero-order valence-corrected chi connectivity index (χ0v) is 10.7. The van der Waals surface area contributed by atoms with Crippen LogP contribution in [0.5, 0.6) is 0 Å². The molecule has 0 spiro atoms. The molecule has 0 saturated heterocycles. The average Bonchev–Trinajstić information content (AvgIpc) is 2.27. The molecule has 0 aromatic heterocycles. The van der Waals surface area contributed by atoms with Gasteiger partial charge in [-0.05, 0) is 37.1 Å². The molecule has 1 saturated carbocycles. The summed E-state index contributed by atoms with van der Waals surface area (Å²) < 4.78 is 0. The zero-order valence-electron chi connectivity index (χ0n) is 10.7. The summed E-state index contributed by atoms with van der Waals surface area (Å²) in [6.07, 6.45) is 11.4. The maximum Gasteiger partial charge on any atom is -0.00489 e. The summed E-state index contributed by atoms with van der Waals surface area (Å²) in [6, 6.07) is 0. The van der Waals surface area contributed by atoms with Gasteiger partial charge in [0.15, 0.2) is 0 Å². The summed E-state index contributed by atoms with van der Waals surface area (Å²) in [6.45, 7) is 5.62. The summed E-state index contributed by atoms with van der Waals surface area (Å²) >= 11 is 0. The van der Waals surface area contributed by atoms with Gasteiger partial charge in [0.2, 0.25) is 0 Å². The lowest BCUT2D eigenvalue weighted by Gasteiger charge is -2.28. The van der Waals surface area contributed by atoms with Crippen molar-refractivity contribution < 1.29 is 0 Å². The molecule has 1 nitrogen and oxygen atoms in total. The maximum atomic E-state index is 5.71. The summed E-state index contributed by atoms with van der Waals surface area (Å²) in [5.74, 6) is 2.81. The second-order valence-corrected chi connectivity index (χ2v) is 5.59. The van der Waals surface area contributed by atoms with Gasteiger partial charge in [-0.3, -0.25) is 0 Å². The molecular weight excluding hydrogens is 182 g/mol. The van der Waals surface area contributed by atoms with Crippen LogP contribution in [-0.2, 0) is 0 Å². The molecule has 0 aromatic carbocycles. The minimum absolute atomic E-state index is 0.842. The molecule has 1 heteroatoms. The SMILES string of the molecule is CCCC(C)CCC1CCC(CN)CC1. The van der Waals surface area contributed by atoms with Crippen molar-refractivity contribution in [3.63, 3.8) is 0 Å². The highest BCUT2D eigenvalue weighted by Crippen LogP contribution is 2.32. The molecule has 90 valence electrons. The Morgan fingerprint density at radius 1 is 1.07 bits per heavy atom. The summed E-state index contributed by atoms with van der Waals surface area (Å²) in [5.41, 5.74) is 5.71. The lowest BCUT2D eigenvalue weighted by atomic mass is 9.79. The van der Waals surface area contributed by atoms with Crippen LogP contribution < -0.4 is 5.73 Å². The van der Waals surface area contributed by atoms with Crippen LogP contribution in [0.1, 0.15) is 65.2 Å². The normalized spacial score (nSPS) is 29.0. The Kier molecular flexibility index (Phi) is 6.31. The minimum Gasteiger partial charge on any atom is -0.330 e. The van der Waals surface area contributed by atoms with Crippen molar-refractivity contribution in [1.82, 2.24) is 0 Å². The fraction of sp³-hybridized carbons (Fsp3) is 1.00. The van der Waals surface area contributed by atoms with Crippen molar-refractivity contribution in [2.75, 3.05) is 6.54 Å². The third kappa shape index (κ3) is 5.01. The van der Waals surface area contributed by atoms with E-state index in [9.17, 15) is 0 Å². The number of rotatable bonds is 6. The van der Waals surface area contributed by atoms with Gasteiger partial charge in [-0.25, -0.2) is 0 Å². The standard InChI is InChI=1S/C14H29N/c1-3-4-12(2)5-6-13-7-9-14(11-15)10-8-13/h12-14H,3-11,15H2,1-2H3. The van der Waals surface area contributed by atoms with Crippen LogP contribution in [-0.4, -0.2) is 6.54 Å². The largest absolute Gasteiger partial charge is 0.330 e. The van der Waals surface area contributed by atoms with Gasteiger partial charge in [-0.2, -0.15) is 0 Å². The second-order valence-electron chi connectivity index (χ2n) is 5.59. The predicted molar refractivity (Wildman–Crippen MR) is 67.8 cm³/mol. The molecule has 1 unspecified atom stereocenters. The molecule has 1 fully saturated rings. The van der Waals surface area contributed by atoms with Crippen LogP contribution in [0, 0.1) is 17.8 Å².